The molecule has 1 aliphatic rings. The van der Waals surface area contributed by atoms with E-state index in [1.807, 2.05) is 19.1 Å². The molecule has 0 spiro atoms. The van der Waals surface area contributed by atoms with Gasteiger partial charge in [0.15, 0.2) is 0 Å². The van der Waals surface area contributed by atoms with Crippen LogP contribution >= 0.6 is 11.6 Å². The lowest BCUT2D eigenvalue weighted by atomic mass is 10.1. The summed E-state index contributed by atoms with van der Waals surface area (Å²) in [4.78, 5) is 14.3. The smallest absolute Gasteiger partial charge is 0.241 e. The molecule has 1 atom stereocenters. The summed E-state index contributed by atoms with van der Waals surface area (Å²) in [6, 6.07) is 3.90. The first-order valence-corrected chi connectivity index (χ1v) is 8.19. The van der Waals surface area contributed by atoms with Gasteiger partial charge < -0.3 is 9.73 Å². The van der Waals surface area contributed by atoms with Crippen LogP contribution in [0.4, 0.5) is 0 Å². The van der Waals surface area contributed by atoms with E-state index >= 15 is 0 Å². The van der Waals surface area contributed by atoms with Crippen molar-refractivity contribution in [2.75, 3.05) is 19.6 Å². The fraction of sp³-hybridized carbons (Fsp3) is 0.500. The summed E-state index contributed by atoms with van der Waals surface area (Å²) < 4.78 is 6.95. The quantitative estimate of drug-likeness (QED) is 0.877. The average molecular weight is 337 g/mol. The Morgan fingerprint density at radius 2 is 2.43 bits per heavy atom. The molecular weight excluding hydrogens is 316 g/mol. The fourth-order valence-corrected chi connectivity index (χ4v) is 3.03. The van der Waals surface area contributed by atoms with Gasteiger partial charge in [0.2, 0.25) is 5.91 Å². The molecule has 1 saturated heterocycles. The summed E-state index contributed by atoms with van der Waals surface area (Å²) >= 11 is 5.94. The standard InChI is InChI=1S/C16H21ClN4O2/c1-12-15(17)10-21(19-12)11-16(22)18-7-13-4-5-20(8-13)9-14-3-2-6-23-14/h2-3,6,10,13H,4-5,7-9,11H2,1H3,(H,18,22)/t13-/m0/s1. The SMILES string of the molecule is Cc1nn(CC(=O)NC[C@@H]2CCN(Cc3ccco3)C2)cc1Cl. The predicted octanol–water partition coefficient (Wildman–Crippen LogP) is 2.08. The number of hydrogen-bond acceptors (Lipinski definition) is 4. The molecule has 1 amide bonds. The maximum atomic E-state index is 12.0. The second-order valence-corrected chi connectivity index (χ2v) is 6.44. The highest BCUT2D eigenvalue weighted by molar-refractivity contribution is 6.31. The number of halogens is 1. The van der Waals surface area contributed by atoms with E-state index < -0.39 is 0 Å². The van der Waals surface area contributed by atoms with Crippen LogP contribution in [0.1, 0.15) is 17.9 Å². The molecule has 0 radical (unpaired) electrons. The van der Waals surface area contributed by atoms with Gasteiger partial charge in [-0.2, -0.15) is 5.10 Å². The summed E-state index contributed by atoms with van der Waals surface area (Å²) in [6.07, 6.45) is 4.47. The molecular formula is C16H21ClN4O2. The van der Waals surface area contributed by atoms with Gasteiger partial charge in [0, 0.05) is 19.3 Å². The molecule has 0 unspecified atom stereocenters. The van der Waals surface area contributed by atoms with Gasteiger partial charge in [0.05, 0.1) is 23.5 Å². The molecule has 0 saturated carbocycles. The first kappa shape index (κ1) is 16.1. The van der Waals surface area contributed by atoms with Gasteiger partial charge in [-0.05, 0) is 37.9 Å². The largest absolute Gasteiger partial charge is 0.468 e. The third-order valence-corrected chi connectivity index (χ3v) is 4.48. The molecule has 23 heavy (non-hydrogen) atoms. The highest BCUT2D eigenvalue weighted by Gasteiger charge is 2.23. The number of aromatic nitrogens is 2. The number of nitrogens with one attached hydrogen (secondary N) is 1. The number of rotatable bonds is 6. The molecule has 7 heteroatoms. The molecule has 1 aliphatic heterocycles. The summed E-state index contributed by atoms with van der Waals surface area (Å²) in [7, 11) is 0. The summed E-state index contributed by atoms with van der Waals surface area (Å²) in [5.74, 6) is 1.44. The molecule has 6 nitrogen and oxygen atoms in total. The number of carbonyl (C=O) groups excluding carboxylic acids is 1. The van der Waals surface area contributed by atoms with Crippen molar-refractivity contribution >= 4 is 17.5 Å². The lowest BCUT2D eigenvalue weighted by molar-refractivity contribution is -0.122. The summed E-state index contributed by atoms with van der Waals surface area (Å²) in [6.45, 7) is 5.58. The zero-order valence-corrected chi connectivity index (χ0v) is 13.9. The first-order chi connectivity index (χ1) is 11.1. The van der Waals surface area contributed by atoms with E-state index in [1.54, 1.807) is 17.1 Å². The summed E-state index contributed by atoms with van der Waals surface area (Å²) in [5.41, 5.74) is 0.740. The minimum Gasteiger partial charge on any atom is -0.468 e. The zero-order valence-electron chi connectivity index (χ0n) is 13.2. The van der Waals surface area contributed by atoms with E-state index in [9.17, 15) is 4.79 Å². The Morgan fingerprint density at radius 3 is 3.13 bits per heavy atom. The Balaban J connectivity index is 1.39. The van der Waals surface area contributed by atoms with E-state index in [4.69, 9.17) is 16.0 Å². The highest BCUT2D eigenvalue weighted by atomic mass is 35.5. The van der Waals surface area contributed by atoms with Crippen molar-refractivity contribution in [2.24, 2.45) is 5.92 Å². The molecule has 124 valence electrons. The van der Waals surface area contributed by atoms with Crippen molar-refractivity contribution in [1.82, 2.24) is 20.0 Å². The van der Waals surface area contributed by atoms with Crippen LogP contribution in [0.25, 0.3) is 0 Å². The lowest BCUT2D eigenvalue weighted by Crippen LogP contribution is -2.33. The number of likely N-dealkylation sites (tertiary alicyclic amines) is 1. The van der Waals surface area contributed by atoms with Crippen LogP contribution in [0.5, 0.6) is 0 Å². The summed E-state index contributed by atoms with van der Waals surface area (Å²) in [5, 5.41) is 7.76. The molecule has 2 aromatic heterocycles. The van der Waals surface area contributed by atoms with Gasteiger partial charge >= 0.3 is 0 Å². The van der Waals surface area contributed by atoms with Gasteiger partial charge in [0.25, 0.3) is 0 Å². The van der Waals surface area contributed by atoms with E-state index in [0.717, 1.165) is 37.5 Å². The molecule has 1 N–H and O–H groups in total. The Bertz CT molecular complexity index is 634. The van der Waals surface area contributed by atoms with Crippen molar-refractivity contribution in [3.05, 3.63) is 41.1 Å². The number of carbonyl (C=O) groups is 1. The Morgan fingerprint density at radius 1 is 1.57 bits per heavy atom. The van der Waals surface area contributed by atoms with E-state index in [2.05, 4.69) is 15.3 Å². The van der Waals surface area contributed by atoms with Gasteiger partial charge in [-0.15, -0.1) is 0 Å². The highest BCUT2D eigenvalue weighted by Crippen LogP contribution is 2.18. The van der Waals surface area contributed by atoms with E-state index in [0.29, 0.717) is 17.5 Å². The maximum Gasteiger partial charge on any atom is 0.241 e. The number of nitrogens with zero attached hydrogens (tertiary/aromatic N) is 3. The second-order valence-electron chi connectivity index (χ2n) is 6.03. The molecule has 2 aromatic rings. The van der Waals surface area contributed by atoms with E-state index in [1.165, 1.54) is 0 Å². The van der Waals surface area contributed by atoms with Gasteiger partial charge in [-0.25, -0.2) is 0 Å². The normalized spacial score (nSPS) is 18.4. The van der Waals surface area contributed by atoms with Crippen molar-refractivity contribution in [1.29, 1.82) is 0 Å². The fourth-order valence-electron chi connectivity index (χ4n) is 2.88. The van der Waals surface area contributed by atoms with Crippen molar-refractivity contribution in [3.8, 4) is 0 Å². The van der Waals surface area contributed by atoms with Gasteiger partial charge in [0.1, 0.15) is 12.3 Å². The lowest BCUT2D eigenvalue weighted by Gasteiger charge is -2.15. The molecule has 1 fully saturated rings. The Labute approximate surface area is 140 Å². The zero-order chi connectivity index (χ0) is 16.2. The maximum absolute atomic E-state index is 12.0. The number of amides is 1. The molecule has 0 aromatic carbocycles. The monoisotopic (exact) mass is 336 g/mol. The van der Waals surface area contributed by atoms with Gasteiger partial charge in [-0.1, -0.05) is 11.6 Å². The molecule has 3 heterocycles. The average Bonchev–Trinajstić information content (AvgIpc) is 3.22. The third kappa shape index (κ3) is 4.36. The van der Waals surface area contributed by atoms with Crippen LogP contribution in [0.15, 0.2) is 29.0 Å². The van der Waals surface area contributed by atoms with Gasteiger partial charge in [-0.3, -0.25) is 14.4 Å². The minimum absolute atomic E-state index is 0.0337. The number of aryl methyl sites for hydroxylation is 1. The third-order valence-electron chi connectivity index (χ3n) is 4.11. The van der Waals surface area contributed by atoms with Crippen molar-refractivity contribution < 1.29 is 9.21 Å². The van der Waals surface area contributed by atoms with Crippen LogP contribution in [0.3, 0.4) is 0 Å². The van der Waals surface area contributed by atoms with Crippen LogP contribution in [0.2, 0.25) is 5.02 Å². The second kappa shape index (κ2) is 7.19. The van der Waals surface area contributed by atoms with E-state index in [-0.39, 0.29) is 12.5 Å². The minimum atomic E-state index is -0.0337. The van der Waals surface area contributed by atoms with Crippen LogP contribution in [0, 0.1) is 12.8 Å². The molecule has 0 bridgehead atoms. The number of furan rings is 1. The molecule has 3 rings (SSSR count). The van der Waals surface area contributed by atoms with Crippen LogP contribution < -0.4 is 5.32 Å². The Kier molecular flexibility index (Phi) is 5.03. The van der Waals surface area contributed by atoms with Crippen LogP contribution in [-0.2, 0) is 17.9 Å². The van der Waals surface area contributed by atoms with Crippen LogP contribution in [-0.4, -0.2) is 40.2 Å². The Hall–Kier alpha value is -1.79. The van der Waals surface area contributed by atoms with Crippen molar-refractivity contribution in [3.63, 3.8) is 0 Å². The first-order valence-electron chi connectivity index (χ1n) is 7.81. The topological polar surface area (TPSA) is 63.3 Å². The number of hydrogen-bond donors (Lipinski definition) is 1. The van der Waals surface area contributed by atoms with Crippen molar-refractivity contribution in [2.45, 2.75) is 26.4 Å². The molecule has 0 aliphatic carbocycles. The predicted molar refractivity (Wildman–Crippen MR) is 87.1 cm³/mol.